The highest BCUT2D eigenvalue weighted by Gasteiger charge is 2.67. The zero-order valence-electron chi connectivity index (χ0n) is 12.4. The lowest BCUT2D eigenvalue weighted by molar-refractivity contribution is -0.143. The van der Waals surface area contributed by atoms with Crippen molar-refractivity contribution in [2.75, 3.05) is 0 Å². The summed E-state index contributed by atoms with van der Waals surface area (Å²) in [6.45, 7) is 0. The third-order valence-corrected chi connectivity index (χ3v) is 5.91. The minimum atomic E-state index is -0.420. The van der Waals surface area contributed by atoms with E-state index in [1.165, 1.54) is 0 Å². The summed E-state index contributed by atoms with van der Waals surface area (Å²) >= 11 is 0. The molecule has 0 unspecified atom stereocenters. The van der Waals surface area contributed by atoms with E-state index in [4.69, 9.17) is 0 Å². The van der Waals surface area contributed by atoms with Crippen molar-refractivity contribution in [1.82, 2.24) is 10.4 Å². The Morgan fingerprint density at radius 2 is 1.52 bits per heavy atom. The van der Waals surface area contributed by atoms with Crippen molar-refractivity contribution in [3.05, 3.63) is 48.0 Å². The molecule has 2 bridgehead atoms. The predicted octanol–water partition coefficient (Wildman–Crippen LogP) is 1.38. The molecule has 1 aromatic rings. The second-order valence-electron chi connectivity index (χ2n) is 6.97. The molecule has 1 aliphatic heterocycles. The van der Waals surface area contributed by atoms with E-state index in [0.717, 1.165) is 11.4 Å². The largest absolute Gasteiger partial charge is 0.272 e. The van der Waals surface area contributed by atoms with E-state index in [9.17, 15) is 14.4 Å². The molecule has 1 N–H and O–H groups in total. The van der Waals surface area contributed by atoms with Gasteiger partial charge in [-0.05, 0) is 42.2 Å². The first-order valence-electron chi connectivity index (χ1n) is 8.09. The van der Waals surface area contributed by atoms with Crippen molar-refractivity contribution in [3.8, 4) is 0 Å². The highest BCUT2D eigenvalue weighted by molar-refractivity contribution is 6.08. The molecule has 116 valence electrons. The third kappa shape index (κ3) is 1.65. The van der Waals surface area contributed by atoms with Gasteiger partial charge in [-0.1, -0.05) is 30.4 Å². The Morgan fingerprint density at radius 1 is 0.957 bits per heavy atom. The second-order valence-corrected chi connectivity index (χ2v) is 6.97. The quantitative estimate of drug-likeness (QED) is 0.663. The second kappa shape index (κ2) is 4.31. The van der Waals surface area contributed by atoms with E-state index >= 15 is 0 Å². The Hall–Kier alpha value is -2.43. The van der Waals surface area contributed by atoms with Crippen LogP contribution < -0.4 is 5.43 Å². The monoisotopic (exact) mass is 308 g/mol. The molecule has 5 nitrogen and oxygen atoms in total. The predicted molar refractivity (Wildman–Crippen MR) is 80.5 cm³/mol. The normalized spacial score (nSPS) is 39.2. The van der Waals surface area contributed by atoms with Crippen LogP contribution in [0.1, 0.15) is 16.8 Å². The number of benzene rings is 1. The van der Waals surface area contributed by atoms with Gasteiger partial charge in [-0.3, -0.25) is 19.8 Å². The average molecular weight is 308 g/mol. The summed E-state index contributed by atoms with van der Waals surface area (Å²) in [5.74, 6) is 0.00438. The Morgan fingerprint density at radius 3 is 2.09 bits per heavy atom. The van der Waals surface area contributed by atoms with Crippen molar-refractivity contribution in [3.63, 3.8) is 0 Å². The average Bonchev–Trinajstić information content (AvgIpc) is 3.37. The molecule has 3 amide bonds. The highest BCUT2D eigenvalue weighted by atomic mass is 16.2. The molecular formula is C18H16N2O3. The number of imide groups is 1. The number of hydrogen-bond donors (Lipinski definition) is 1. The Balaban J connectivity index is 1.42. The van der Waals surface area contributed by atoms with E-state index in [2.05, 4.69) is 17.6 Å². The van der Waals surface area contributed by atoms with Crippen LogP contribution in [-0.4, -0.2) is 22.7 Å². The number of amides is 3. The molecule has 0 aromatic heterocycles. The van der Waals surface area contributed by atoms with E-state index < -0.39 is 5.91 Å². The molecular weight excluding hydrogens is 292 g/mol. The standard InChI is InChI=1S/C18H16N2O3/c21-16(9-4-2-1-3-5-9)19-20-17(22)14-10-6-7-11(13-8-12(10)13)15(14)18(20)23/h1-7,10-15H,8H2,(H,19,21)/t10-,11-,12-,13+,14+,15-/m1/s1. The lowest BCUT2D eigenvalue weighted by atomic mass is 9.63. The summed E-state index contributed by atoms with van der Waals surface area (Å²) in [5, 5.41) is 0.975. The van der Waals surface area contributed by atoms with Gasteiger partial charge in [0, 0.05) is 5.56 Å². The Kier molecular flexibility index (Phi) is 2.45. The first-order chi connectivity index (χ1) is 11.2. The van der Waals surface area contributed by atoms with Crippen LogP contribution in [0, 0.1) is 35.5 Å². The molecule has 5 aliphatic rings. The fourth-order valence-corrected chi connectivity index (χ4v) is 4.82. The molecule has 23 heavy (non-hydrogen) atoms. The smallest absolute Gasteiger partial charge is 0.270 e. The Labute approximate surface area is 133 Å². The first-order valence-corrected chi connectivity index (χ1v) is 8.09. The van der Waals surface area contributed by atoms with Gasteiger partial charge in [0.15, 0.2) is 0 Å². The fraction of sp³-hybridized carbons (Fsp3) is 0.389. The van der Waals surface area contributed by atoms with Crippen LogP contribution in [0.2, 0.25) is 0 Å². The van der Waals surface area contributed by atoms with Gasteiger partial charge in [0.2, 0.25) is 0 Å². The zero-order valence-corrected chi connectivity index (χ0v) is 12.4. The summed E-state index contributed by atoms with van der Waals surface area (Å²) in [6.07, 6.45) is 5.37. The molecule has 1 heterocycles. The number of allylic oxidation sites excluding steroid dienone is 2. The lowest BCUT2D eigenvalue weighted by Crippen LogP contribution is -2.46. The summed E-state index contributed by atoms with van der Waals surface area (Å²) in [4.78, 5) is 37.7. The molecule has 0 radical (unpaired) electrons. The van der Waals surface area contributed by atoms with Crippen LogP contribution in [-0.2, 0) is 9.59 Å². The summed E-state index contributed by atoms with van der Waals surface area (Å²) in [7, 11) is 0. The van der Waals surface area contributed by atoms with E-state index in [-0.39, 0.29) is 35.5 Å². The molecule has 6 rings (SSSR count). The maximum atomic E-state index is 12.7. The van der Waals surface area contributed by atoms with Crippen molar-refractivity contribution >= 4 is 17.7 Å². The van der Waals surface area contributed by atoms with Crippen molar-refractivity contribution in [2.24, 2.45) is 35.5 Å². The van der Waals surface area contributed by atoms with Gasteiger partial charge in [0.25, 0.3) is 17.7 Å². The summed E-state index contributed by atoms with van der Waals surface area (Å²) < 4.78 is 0. The van der Waals surface area contributed by atoms with Gasteiger partial charge in [-0.15, -0.1) is 0 Å². The minimum Gasteiger partial charge on any atom is -0.272 e. The van der Waals surface area contributed by atoms with Crippen molar-refractivity contribution in [2.45, 2.75) is 6.42 Å². The van der Waals surface area contributed by atoms with Gasteiger partial charge in [-0.25, -0.2) is 0 Å². The first kappa shape index (κ1) is 13.0. The fourth-order valence-electron chi connectivity index (χ4n) is 4.82. The van der Waals surface area contributed by atoms with Gasteiger partial charge < -0.3 is 0 Å². The van der Waals surface area contributed by atoms with Gasteiger partial charge >= 0.3 is 0 Å². The highest BCUT2D eigenvalue weighted by Crippen LogP contribution is 2.65. The zero-order chi connectivity index (χ0) is 15.7. The number of carbonyl (C=O) groups is 3. The summed E-state index contributed by atoms with van der Waals surface area (Å²) in [6, 6.07) is 8.63. The van der Waals surface area contributed by atoms with Crippen LogP contribution in [0.4, 0.5) is 0 Å². The maximum absolute atomic E-state index is 12.7. The molecule has 5 heteroatoms. The van der Waals surface area contributed by atoms with Crippen LogP contribution in [0.15, 0.2) is 42.5 Å². The summed E-state index contributed by atoms with van der Waals surface area (Å²) in [5.41, 5.74) is 2.95. The number of nitrogens with one attached hydrogen (secondary N) is 1. The van der Waals surface area contributed by atoms with Crippen molar-refractivity contribution < 1.29 is 14.4 Å². The van der Waals surface area contributed by atoms with E-state index in [0.29, 0.717) is 17.4 Å². The van der Waals surface area contributed by atoms with Crippen LogP contribution in [0.3, 0.4) is 0 Å². The van der Waals surface area contributed by atoms with Gasteiger partial charge in [0.1, 0.15) is 0 Å². The van der Waals surface area contributed by atoms with Crippen LogP contribution >= 0.6 is 0 Å². The molecule has 0 spiro atoms. The minimum absolute atomic E-state index is 0.171. The van der Waals surface area contributed by atoms with Crippen LogP contribution in [0.25, 0.3) is 0 Å². The number of nitrogens with zero attached hydrogens (tertiary/aromatic N) is 1. The van der Waals surface area contributed by atoms with Gasteiger partial charge in [-0.2, -0.15) is 5.01 Å². The number of carbonyl (C=O) groups excluding carboxylic acids is 3. The topological polar surface area (TPSA) is 66.5 Å². The molecule has 1 aromatic carbocycles. The van der Waals surface area contributed by atoms with E-state index in [1.807, 2.05) is 6.07 Å². The maximum Gasteiger partial charge on any atom is 0.270 e. The lowest BCUT2D eigenvalue weighted by Gasteiger charge is -2.37. The molecule has 1 saturated heterocycles. The number of rotatable bonds is 2. The number of hydrazine groups is 1. The SMILES string of the molecule is O=C(NN1C(=O)[C@@H]2[C@@H]3C=C[C@H]([C@H]4C[C@@H]34)[C@@H]2C1=O)c1ccccc1. The number of hydrogen-bond acceptors (Lipinski definition) is 3. The third-order valence-electron chi connectivity index (χ3n) is 5.91. The van der Waals surface area contributed by atoms with Crippen LogP contribution in [0.5, 0.6) is 0 Å². The molecule has 6 atom stereocenters. The molecule has 4 aliphatic carbocycles. The molecule has 3 fully saturated rings. The van der Waals surface area contributed by atoms with Gasteiger partial charge in [0.05, 0.1) is 11.8 Å². The molecule has 2 saturated carbocycles. The Bertz CT molecular complexity index is 721. The van der Waals surface area contributed by atoms with E-state index in [1.54, 1.807) is 24.3 Å². The van der Waals surface area contributed by atoms with Crippen molar-refractivity contribution in [1.29, 1.82) is 0 Å².